The molecule has 124 valence electrons. The van der Waals surface area contributed by atoms with Crippen molar-refractivity contribution in [2.75, 3.05) is 26.3 Å². The van der Waals surface area contributed by atoms with Crippen LogP contribution in [0.25, 0.3) is 5.69 Å². The van der Waals surface area contributed by atoms with Gasteiger partial charge in [0, 0.05) is 19.3 Å². The van der Waals surface area contributed by atoms with Crippen molar-refractivity contribution < 1.29 is 4.74 Å². The zero-order valence-electron chi connectivity index (χ0n) is 13.2. The van der Waals surface area contributed by atoms with Crippen LogP contribution >= 0.6 is 24.0 Å². The third-order valence-electron chi connectivity index (χ3n) is 3.71. The average Bonchev–Trinajstić information content (AvgIpc) is 3.00. The van der Waals surface area contributed by atoms with Gasteiger partial charge < -0.3 is 15.4 Å². The van der Waals surface area contributed by atoms with Crippen LogP contribution < -0.4 is 5.73 Å². The summed E-state index contributed by atoms with van der Waals surface area (Å²) in [5.41, 5.74) is 9.21. The summed E-state index contributed by atoms with van der Waals surface area (Å²) in [5.74, 6) is 0.578. The van der Waals surface area contributed by atoms with E-state index in [4.69, 9.17) is 10.5 Å². The third-order valence-corrected chi connectivity index (χ3v) is 3.71. The maximum atomic E-state index is 6.09. The number of nitrogens with two attached hydrogens (primary N) is 1. The highest BCUT2D eigenvalue weighted by Crippen LogP contribution is 2.15. The van der Waals surface area contributed by atoms with Crippen LogP contribution in [0.3, 0.4) is 0 Å². The molecule has 3 rings (SSSR count). The summed E-state index contributed by atoms with van der Waals surface area (Å²) >= 11 is 0. The highest BCUT2D eigenvalue weighted by molar-refractivity contribution is 14.0. The number of aryl methyl sites for hydroxylation is 1. The SMILES string of the molecule is Cc1ccn(-c2ccccc2CN=C(N)N2CCOCC2)n1.I. The highest BCUT2D eigenvalue weighted by Gasteiger charge is 2.12. The maximum Gasteiger partial charge on any atom is 0.191 e. The molecule has 2 aromatic rings. The van der Waals surface area contributed by atoms with Gasteiger partial charge in [-0.2, -0.15) is 5.10 Å². The summed E-state index contributed by atoms with van der Waals surface area (Å²) in [6.45, 7) is 5.54. The van der Waals surface area contributed by atoms with Crippen LogP contribution in [-0.4, -0.2) is 46.9 Å². The van der Waals surface area contributed by atoms with Crippen LogP contribution in [0.1, 0.15) is 11.3 Å². The van der Waals surface area contributed by atoms with Crippen LogP contribution in [0, 0.1) is 6.92 Å². The molecule has 23 heavy (non-hydrogen) atoms. The van der Waals surface area contributed by atoms with Gasteiger partial charge in [0.25, 0.3) is 0 Å². The maximum absolute atomic E-state index is 6.09. The Morgan fingerprint density at radius 1 is 1.26 bits per heavy atom. The van der Waals surface area contributed by atoms with Crippen LogP contribution in [0.5, 0.6) is 0 Å². The van der Waals surface area contributed by atoms with E-state index in [1.54, 1.807) is 0 Å². The number of hydrogen-bond acceptors (Lipinski definition) is 3. The number of nitrogens with zero attached hydrogens (tertiary/aromatic N) is 4. The van der Waals surface area contributed by atoms with Crippen molar-refractivity contribution in [3.8, 4) is 5.69 Å². The van der Waals surface area contributed by atoms with E-state index in [1.165, 1.54) is 0 Å². The molecular formula is C16H22IN5O. The number of guanidine groups is 1. The molecule has 0 unspecified atom stereocenters. The average molecular weight is 427 g/mol. The zero-order valence-corrected chi connectivity index (χ0v) is 15.5. The van der Waals surface area contributed by atoms with Gasteiger partial charge in [0.2, 0.25) is 0 Å². The quantitative estimate of drug-likeness (QED) is 0.462. The Morgan fingerprint density at radius 3 is 2.70 bits per heavy atom. The third kappa shape index (κ3) is 4.44. The van der Waals surface area contributed by atoms with E-state index in [0.29, 0.717) is 25.7 Å². The summed E-state index contributed by atoms with van der Waals surface area (Å²) in [6, 6.07) is 10.1. The molecule has 0 atom stereocenters. The van der Waals surface area contributed by atoms with Crippen molar-refractivity contribution in [1.82, 2.24) is 14.7 Å². The number of morpholine rings is 1. The highest BCUT2D eigenvalue weighted by atomic mass is 127. The molecule has 1 fully saturated rings. The van der Waals surface area contributed by atoms with Crippen LogP contribution in [-0.2, 0) is 11.3 Å². The van der Waals surface area contributed by atoms with Gasteiger partial charge in [0.15, 0.2) is 5.96 Å². The number of aromatic nitrogens is 2. The van der Waals surface area contributed by atoms with E-state index in [9.17, 15) is 0 Å². The molecule has 1 aromatic heterocycles. The summed E-state index contributed by atoms with van der Waals surface area (Å²) in [6.07, 6.45) is 1.96. The predicted octanol–water partition coefficient (Wildman–Crippen LogP) is 1.95. The molecule has 1 saturated heterocycles. The Balaban J connectivity index is 0.00000192. The molecule has 7 heteroatoms. The monoisotopic (exact) mass is 427 g/mol. The molecular weight excluding hydrogens is 405 g/mol. The normalized spacial score (nSPS) is 15.3. The number of halogens is 1. The Kier molecular flexibility index (Phi) is 6.40. The Hall–Kier alpha value is -1.61. The van der Waals surface area contributed by atoms with Gasteiger partial charge in [-0.1, -0.05) is 18.2 Å². The minimum absolute atomic E-state index is 0. The van der Waals surface area contributed by atoms with Crippen molar-refractivity contribution in [2.45, 2.75) is 13.5 Å². The minimum atomic E-state index is 0. The van der Waals surface area contributed by atoms with Gasteiger partial charge in [0.1, 0.15) is 0 Å². The molecule has 0 amide bonds. The van der Waals surface area contributed by atoms with E-state index >= 15 is 0 Å². The fourth-order valence-corrected chi connectivity index (χ4v) is 2.48. The number of benzene rings is 1. The number of para-hydroxylation sites is 1. The topological polar surface area (TPSA) is 68.7 Å². The smallest absolute Gasteiger partial charge is 0.191 e. The van der Waals surface area contributed by atoms with Crippen molar-refractivity contribution in [3.05, 3.63) is 47.8 Å². The molecule has 0 saturated carbocycles. The number of hydrogen-bond donors (Lipinski definition) is 1. The minimum Gasteiger partial charge on any atom is -0.378 e. The van der Waals surface area contributed by atoms with Crippen molar-refractivity contribution in [3.63, 3.8) is 0 Å². The van der Waals surface area contributed by atoms with Gasteiger partial charge in [-0.3, -0.25) is 0 Å². The second-order valence-electron chi connectivity index (χ2n) is 5.30. The van der Waals surface area contributed by atoms with Crippen molar-refractivity contribution in [1.29, 1.82) is 0 Å². The molecule has 0 spiro atoms. The van der Waals surface area contributed by atoms with E-state index in [1.807, 2.05) is 42.1 Å². The van der Waals surface area contributed by atoms with E-state index in [-0.39, 0.29) is 24.0 Å². The lowest BCUT2D eigenvalue weighted by molar-refractivity contribution is 0.0674. The van der Waals surface area contributed by atoms with Crippen LogP contribution in [0.15, 0.2) is 41.5 Å². The molecule has 1 aliphatic heterocycles. The summed E-state index contributed by atoms with van der Waals surface area (Å²) in [7, 11) is 0. The Morgan fingerprint density at radius 2 is 2.00 bits per heavy atom. The van der Waals surface area contributed by atoms with Gasteiger partial charge in [-0.25, -0.2) is 9.67 Å². The number of ether oxygens (including phenoxy) is 1. The molecule has 6 nitrogen and oxygen atoms in total. The first kappa shape index (κ1) is 17.7. The fourth-order valence-electron chi connectivity index (χ4n) is 2.48. The zero-order chi connectivity index (χ0) is 15.4. The number of rotatable bonds is 3. The summed E-state index contributed by atoms with van der Waals surface area (Å²) in [4.78, 5) is 6.59. The molecule has 1 aliphatic rings. The summed E-state index contributed by atoms with van der Waals surface area (Å²) < 4.78 is 7.21. The first-order chi connectivity index (χ1) is 10.7. The first-order valence-electron chi connectivity index (χ1n) is 7.47. The molecule has 0 bridgehead atoms. The molecule has 0 radical (unpaired) electrons. The standard InChI is InChI=1S/C16H21N5O.HI/c1-13-6-7-21(19-13)15-5-3-2-4-14(15)12-18-16(17)20-8-10-22-11-9-20;/h2-7H,8-12H2,1H3,(H2,17,18);1H. The molecule has 2 N–H and O–H groups in total. The van der Waals surface area contributed by atoms with Gasteiger partial charge in [-0.15, -0.1) is 24.0 Å². The second kappa shape index (κ2) is 8.30. The van der Waals surface area contributed by atoms with Gasteiger partial charge in [-0.05, 0) is 24.6 Å². The first-order valence-corrected chi connectivity index (χ1v) is 7.47. The summed E-state index contributed by atoms with van der Waals surface area (Å²) in [5, 5.41) is 4.47. The van der Waals surface area contributed by atoms with Gasteiger partial charge >= 0.3 is 0 Å². The largest absolute Gasteiger partial charge is 0.378 e. The van der Waals surface area contributed by atoms with E-state index in [0.717, 1.165) is 30.0 Å². The van der Waals surface area contributed by atoms with Crippen molar-refractivity contribution in [2.24, 2.45) is 10.7 Å². The predicted molar refractivity (Wildman–Crippen MR) is 101 cm³/mol. The van der Waals surface area contributed by atoms with Gasteiger partial charge in [0.05, 0.1) is 31.1 Å². The molecule has 1 aromatic carbocycles. The number of aliphatic imine (C=N–C) groups is 1. The molecule has 0 aliphatic carbocycles. The lowest BCUT2D eigenvalue weighted by Crippen LogP contribution is -2.44. The lowest BCUT2D eigenvalue weighted by atomic mass is 10.2. The Bertz CT molecular complexity index is 664. The van der Waals surface area contributed by atoms with Crippen molar-refractivity contribution >= 4 is 29.9 Å². The Labute approximate surface area is 153 Å². The van der Waals surface area contributed by atoms with Crippen LogP contribution in [0.2, 0.25) is 0 Å². The molecule has 2 heterocycles. The van der Waals surface area contributed by atoms with E-state index < -0.39 is 0 Å². The van der Waals surface area contributed by atoms with Crippen LogP contribution in [0.4, 0.5) is 0 Å². The van der Waals surface area contributed by atoms with E-state index in [2.05, 4.69) is 21.1 Å². The fraction of sp³-hybridized carbons (Fsp3) is 0.375. The lowest BCUT2D eigenvalue weighted by Gasteiger charge is -2.27. The second-order valence-corrected chi connectivity index (χ2v) is 5.30.